The molecule has 0 spiro atoms. The first-order valence-electron chi connectivity index (χ1n) is 13.5. The summed E-state index contributed by atoms with van der Waals surface area (Å²) >= 11 is 0. The molecule has 0 bridgehead atoms. The van der Waals surface area contributed by atoms with Gasteiger partial charge in [0.1, 0.15) is 6.54 Å². The largest absolute Gasteiger partial charge is 0.478 e. The molecule has 0 aliphatic carbocycles. The fourth-order valence-electron chi connectivity index (χ4n) is 4.33. The van der Waals surface area contributed by atoms with Crippen LogP contribution in [0.5, 0.6) is 0 Å². The van der Waals surface area contributed by atoms with Crippen LogP contribution in [0.15, 0.2) is 36.4 Å². The van der Waals surface area contributed by atoms with Crippen LogP contribution < -0.4 is 5.32 Å². The van der Waals surface area contributed by atoms with E-state index in [-0.39, 0.29) is 0 Å². The third kappa shape index (κ3) is 16.5. The number of nitrogens with zero attached hydrogens (tertiary/aromatic N) is 1. The first kappa shape index (κ1) is 29.9. The van der Waals surface area contributed by atoms with E-state index in [1.165, 1.54) is 95.5 Å². The number of unbranched alkanes of at least 4 members (excludes halogenated alkanes) is 13. The Morgan fingerprint density at radius 3 is 1.71 bits per heavy atom. The van der Waals surface area contributed by atoms with Gasteiger partial charge in [-0.05, 0) is 25.0 Å². The van der Waals surface area contributed by atoms with Crippen LogP contribution in [-0.4, -0.2) is 42.1 Å². The second-order valence-corrected chi connectivity index (χ2v) is 10.3. The molecule has 0 radical (unpaired) electrons. The zero-order chi connectivity index (χ0) is 25.1. The van der Waals surface area contributed by atoms with E-state index in [9.17, 15) is 9.59 Å². The molecule has 0 aliphatic heterocycles. The van der Waals surface area contributed by atoms with E-state index >= 15 is 0 Å². The van der Waals surface area contributed by atoms with E-state index in [0.29, 0.717) is 5.69 Å². The summed E-state index contributed by atoms with van der Waals surface area (Å²) in [6.07, 6.45) is 21.2. The number of hydrogen-bond donors (Lipinski definition) is 2. The zero-order valence-electron chi connectivity index (χ0n) is 22.0. The van der Waals surface area contributed by atoms with Crippen LogP contribution in [0.4, 0.5) is 5.69 Å². The second-order valence-electron chi connectivity index (χ2n) is 10.3. The molecule has 0 atom stereocenters. The fraction of sp³-hybridized carbons (Fsp3) is 0.655. The van der Waals surface area contributed by atoms with E-state index < -0.39 is 11.9 Å². The second kappa shape index (κ2) is 18.2. The van der Waals surface area contributed by atoms with Crippen molar-refractivity contribution >= 4 is 17.6 Å². The fourth-order valence-corrected chi connectivity index (χ4v) is 4.33. The standard InChI is InChI=1S/C29H48N2O3/c1-4-5-6-7-8-9-10-11-12-13-14-15-16-17-24-31(2,3)25-26-18-20-27(21-19-26)30-28(32)22-23-29(33)34/h18-23H,4-17,24-25H2,1-3H3,(H-,30,32,33,34)/p+1. The number of aliphatic carboxylic acids is 1. The molecule has 0 saturated carbocycles. The van der Waals surface area contributed by atoms with Gasteiger partial charge in [-0.25, -0.2) is 4.79 Å². The number of anilines is 1. The van der Waals surface area contributed by atoms with Crippen molar-refractivity contribution < 1.29 is 19.2 Å². The number of carboxylic acid groups (broad SMARTS) is 1. The lowest BCUT2D eigenvalue weighted by Gasteiger charge is -2.30. The molecule has 1 aromatic carbocycles. The van der Waals surface area contributed by atoms with E-state index in [0.717, 1.165) is 29.7 Å². The normalized spacial score (nSPS) is 11.7. The van der Waals surface area contributed by atoms with Crippen molar-refractivity contribution in [3.63, 3.8) is 0 Å². The van der Waals surface area contributed by atoms with Crippen LogP contribution in [0.2, 0.25) is 0 Å². The Balaban J connectivity index is 2.10. The molecule has 2 N–H and O–H groups in total. The van der Waals surface area contributed by atoms with Gasteiger partial charge in [-0.3, -0.25) is 4.79 Å². The SMILES string of the molecule is CCCCCCCCCCCCCCCC[N+](C)(C)Cc1ccc(NC(=O)C=CC(=O)O)cc1. The monoisotopic (exact) mass is 473 g/mol. The van der Waals surface area contributed by atoms with E-state index in [2.05, 4.69) is 26.3 Å². The summed E-state index contributed by atoms with van der Waals surface area (Å²) in [5.41, 5.74) is 1.90. The summed E-state index contributed by atoms with van der Waals surface area (Å²) in [7, 11) is 4.54. The molecule has 0 aliphatic rings. The number of quaternary nitrogens is 1. The van der Waals surface area contributed by atoms with Gasteiger partial charge < -0.3 is 14.9 Å². The highest BCUT2D eigenvalue weighted by molar-refractivity contribution is 6.02. The molecule has 5 heteroatoms. The van der Waals surface area contributed by atoms with E-state index in [1.54, 1.807) is 0 Å². The summed E-state index contributed by atoms with van der Waals surface area (Å²) in [6.45, 7) is 4.39. The highest BCUT2D eigenvalue weighted by Gasteiger charge is 2.15. The Labute approximate surface area is 208 Å². The van der Waals surface area contributed by atoms with Gasteiger partial charge in [-0.15, -0.1) is 0 Å². The summed E-state index contributed by atoms with van der Waals surface area (Å²) in [5, 5.41) is 11.3. The van der Waals surface area contributed by atoms with Crippen LogP contribution in [0.1, 0.15) is 102 Å². The topological polar surface area (TPSA) is 66.4 Å². The number of benzene rings is 1. The minimum atomic E-state index is -1.13. The molecule has 0 fully saturated rings. The van der Waals surface area contributed by atoms with Crippen molar-refractivity contribution in [3.05, 3.63) is 42.0 Å². The number of carboxylic acids is 1. The van der Waals surface area contributed by atoms with Crippen molar-refractivity contribution in [1.82, 2.24) is 0 Å². The van der Waals surface area contributed by atoms with Crippen molar-refractivity contribution in [3.8, 4) is 0 Å². The molecule has 0 aromatic heterocycles. The molecule has 1 amide bonds. The van der Waals surface area contributed by atoms with Crippen molar-refractivity contribution in [2.45, 2.75) is 103 Å². The lowest BCUT2D eigenvalue weighted by Crippen LogP contribution is -2.39. The molecule has 192 valence electrons. The number of carbonyl (C=O) groups is 2. The number of carbonyl (C=O) groups excluding carboxylic acids is 1. The van der Waals surface area contributed by atoms with Gasteiger partial charge in [0.15, 0.2) is 0 Å². The summed E-state index contributed by atoms with van der Waals surface area (Å²) < 4.78 is 0.950. The maximum atomic E-state index is 11.7. The predicted molar refractivity (Wildman–Crippen MR) is 143 cm³/mol. The zero-order valence-corrected chi connectivity index (χ0v) is 22.0. The molecular formula is C29H49N2O3+. The lowest BCUT2D eigenvalue weighted by molar-refractivity contribution is -0.903. The van der Waals surface area contributed by atoms with Gasteiger partial charge in [0.2, 0.25) is 5.91 Å². The average molecular weight is 474 g/mol. The van der Waals surface area contributed by atoms with E-state index in [1.807, 2.05) is 24.3 Å². The summed E-state index contributed by atoms with van der Waals surface area (Å²) in [5.74, 6) is -1.58. The van der Waals surface area contributed by atoms with Gasteiger partial charge in [-0.2, -0.15) is 0 Å². The van der Waals surface area contributed by atoms with Crippen LogP contribution in [0.3, 0.4) is 0 Å². The minimum Gasteiger partial charge on any atom is -0.478 e. The van der Waals surface area contributed by atoms with Crippen molar-refractivity contribution in [2.24, 2.45) is 0 Å². The Morgan fingerprint density at radius 2 is 1.24 bits per heavy atom. The Kier molecular flexibility index (Phi) is 16.0. The van der Waals surface area contributed by atoms with Crippen LogP contribution in [-0.2, 0) is 16.1 Å². The molecule has 1 rings (SSSR count). The highest BCUT2D eigenvalue weighted by Crippen LogP contribution is 2.16. The molecular weight excluding hydrogens is 424 g/mol. The Bertz CT molecular complexity index is 711. The minimum absolute atomic E-state index is 0.441. The lowest BCUT2D eigenvalue weighted by atomic mass is 10.0. The first-order chi connectivity index (χ1) is 16.3. The van der Waals surface area contributed by atoms with Crippen molar-refractivity contribution in [2.75, 3.05) is 26.0 Å². The maximum absolute atomic E-state index is 11.7. The molecule has 0 heterocycles. The average Bonchev–Trinajstić information content (AvgIpc) is 2.79. The molecule has 34 heavy (non-hydrogen) atoms. The smallest absolute Gasteiger partial charge is 0.328 e. The van der Waals surface area contributed by atoms with Gasteiger partial charge in [0.05, 0.1) is 20.6 Å². The highest BCUT2D eigenvalue weighted by atomic mass is 16.4. The Morgan fingerprint density at radius 1 is 0.765 bits per heavy atom. The first-order valence-corrected chi connectivity index (χ1v) is 13.5. The third-order valence-corrected chi connectivity index (χ3v) is 6.33. The number of hydrogen-bond acceptors (Lipinski definition) is 2. The quantitative estimate of drug-likeness (QED) is 0.118. The third-order valence-electron chi connectivity index (χ3n) is 6.33. The molecule has 1 aromatic rings. The number of nitrogens with one attached hydrogen (secondary N) is 1. The van der Waals surface area contributed by atoms with Crippen LogP contribution in [0, 0.1) is 0 Å². The molecule has 0 saturated heterocycles. The van der Waals surface area contributed by atoms with E-state index in [4.69, 9.17) is 5.11 Å². The van der Waals surface area contributed by atoms with Gasteiger partial charge in [-0.1, -0.05) is 96.1 Å². The maximum Gasteiger partial charge on any atom is 0.328 e. The molecule has 5 nitrogen and oxygen atoms in total. The summed E-state index contributed by atoms with van der Waals surface area (Å²) in [4.78, 5) is 22.2. The van der Waals surface area contributed by atoms with Gasteiger partial charge >= 0.3 is 5.97 Å². The van der Waals surface area contributed by atoms with Gasteiger partial charge in [0, 0.05) is 23.4 Å². The van der Waals surface area contributed by atoms with Crippen LogP contribution >= 0.6 is 0 Å². The predicted octanol–water partition coefficient (Wildman–Crippen LogP) is 7.32. The number of amides is 1. The van der Waals surface area contributed by atoms with Crippen LogP contribution in [0.25, 0.3) is 0 Å². The Hall–Kier alpha value is -2.14. The van der Waals surface area contributed by atoms with Gasteiger partial charge in [0.25, 0.3) is 0 Å². The number of rotatable bonds is 20. The molecule has 0 unspecified atom stereocenters. The summed E-state index contributed by atoms with van der Waals surface area (Å²) in [6, 6.07) is 7.80. The van der Waals surface area contributed by atoms with Crippen molar-refractivity contribution in [1.29, 1.82) is 0 Å².